The number of rotatable bonds is 5. The molecule has 1 heterocycles. The molecule has 0 aromatic carbocycles. The molecule has 0 aromatic rings. The molecule has 0 spiro atoms. The molecule has 0 amide bonds. The van der Waals surface area contributed by atoms with Crippen molar-refractivity contribution in [2.24, 2.45) is 0 Å². The fraction of sp³-hybridized carbons (Fsp3) is 0.857. The number of hydrogen-bond donors (Lipinski definition) is 1. The molecule has 1 N–H and O–H groups in total. The molecule has 2 aliphatic rings. The van der Waals surface area contributed by atoms with Crippen molar-refractivity contribution >= 4 is 0 Å². The van der Waals surface area contributed by atoms with Crippen molar-refractivity contribution in [1.82, 2.24) is 5.32 Å². The van der Waals surface area contributed by atoms with E-state index in [0.717, 1.165) is 6.61 Å². The Bertz CT molecular complexity index is 231. The van der Waals surface area contributed by atoms with Crippen LogP contribution in [-0.4, -0.2) is 25.8 Å². The van der Waals surface area contributed by atoms with Crippen molar-refractivity contribution in [1.29, 1.82) is 0 Å². The maximum absolute atomic E-state index is 5.69. The van der Waals surface area contributed by atoms with Gasteiger partial charge in [-0.25, -0.2) is 0 Å². The molecule has 1 aliphatic carbocycles. The standard InChI is InChI=1S/C14H25NO/c1-15-14(12-6-3-2-4-7-12)10-9-13-8-5-11-16-13/h6,13-15H,2-5,7-11H2,1H3. The summed E-state index contributed by atoms with van der Waals surface area (Å²) in [5.74, 6) is 0. The van der Waals surface area contributed by atoms with Gasteiger partial charge in [-0.05, 0) is 58.4 Å². The Morgan fingerprint density at radius 3 is 3.00 bits per heavy atom. The van der Waals surface area contributed by atoms with Crippen LogP contribution in [0.15, 0.2) is 11.6 Å². The normalized spacial score (nSPS) is 27.8. The Hall–Kier alpha value is -0.340. The molecule has 2 heteroatoms. The summed E-state index contributed by atoms with van der Waals surface area (Å²) in [6.45, 7) is 0.984. The lowest BCUT2D eigenvalue weighted by Gasteiger charge is -2.24. The summed E-state index contributed by atoms with van der Waals surface area (Å²) in [5.41, 5.74) is 1.65. The van der Waals surface area contributed by atoms with Crippen LogP contribution in [0, 0.1) is 0 Å². The number of likely N-dealkylation sites (N-methyl/N-ethyl adjacent to an activating group) is 1. The zero-order valence-corrected chi connectivity index (χ0v) is 10.5. The van der Waals surface area contributed by atoms with E-state index in [2.05, 4.69) is 18.4 Å². The highest BCUT2D eigenvalue weighted by Gasteiger charge is 2.19. The van der Waals surface area contributed by atoms with Gasteiger partial charge < -0.3 is 10.1 Å². The second-order valence-electron chi connectivity index (χ2n) is 5.08. The van der Waals surface area contributed by atoms with Gasteiger partial charge in [-0.1, -0.05) is 11.6 Å². The smallest absolute Gasteiger partial charge is 0.0576 e. The Morgan fingerprint density at radius 1 is 1.44 bits per heavy atom. The molecule has 2 rings (SSSR count). The largest absolute Gasteiger partial charge is 0.378 e. The summed E-state index contributed by atoms with van der Waals surface area (Å²) in [5, 5.41) is 3.47. The number of allylic oxidation sites excluding steroid dienone is 1. The van der Waals surface area contributed by atoms with Gasteiger partial charge in [0.15, 0.2) is 0 Å². The zero-order chi connectivity index (χ0) is 11.2. The predicted molar refractivity (Wildman–Crippen MR) is 67.6 cm³/mol. The van der Waals surface area contributed by atoms with Gasteiger partial charge >= 0.3 is 0 Å². The van der Waals surface area contributed by atoms with Gasteiger partial charge in [-0.3, -0.25) is 0 Å². The number of ether oxygens (including phenoxy) is 1. The fourth-order valence-corrected chi connectivity index (χ4v) is 2.92. The first-order valence-electron chi connectivity index (χ1n) is 6.88. The summed E-state index contributed by atoms with van der Waals surface area (Å²) in [6.07, 6.45) is 13.4. The average Bonchev–Trinajstić information content (AvgIpc) is 2.84. The molecule has 2 nitrogen and oxygen atoms in total. The first kappa shape index (κ1) is 12.1. The van der Waals surface area contributed by atoms with E-state index in [0.29, 0.717) is 12.1 Å². The van der Waals surface area contributed by atoms with E-state index in [-0.39, 0.29) is 0 Å². The van der Waals surface area contributed by atoms with E-state index in [1.807, 2.05) is 0 Å². The van der Waals surface area contributed by atoms with E-state index in [4.69, 9.17) is 4.74 Å². The topological polar surface area (TPSA) is 21.3 Å². The lowest BCUT2D eigenvalue weighted by molar-refractivity contribution is 0.101. The van der Waals surface area contributed by atoms with Gasteiger partial charge in [0.1, 0.15) is 0 Å². The molecule has 1 fully saturated rings. The molecule has 92 valence electrons. The molecule has 0 saturated carbocycles. The molecule has 1 saturated heterocycles. The third kappa shape index (κ3) is 3.33. The SMILES string of the molecule is CNC(CCC1CCCO1)C1=CCCCC1. The molecular formula is C14H25NO. The first-order valence-corrected chi connectivity index (χ1v) is 6.88. The highest BCUT2D eigenvalue weighted by molar-refractivity contribution is 5.13. The van der Waals surface area contributed by atoms with Crippen molar-refractivity contribution in [2.45, 2.75) is 63.5 Å². The maximum atomic E-state index is 5.69. The first-order chi connectivity index (χ1) is 7.90. The lowest BCUT2D eigenvalue weighted by Crippen LogP contribution is -2.29. The highest BCUT2D eigenvalue weighted by atomic mass is 16.5. The van der Waals surface area contributed by atoms with Crippen LogP contribution in [0.5, 0.6) is 0 Å². The summed E-state index contributed by atoms with van der Waals surface area (Å²) < 4.78 is 5.69. The second-order valence-corrected chi connectivity index (χ2v) is 5.08. The van der Waals surface area contributed by atoms with Crippen LogP contribution in [0.4, 0.5) is 0 Å². The van der Waals surface area contributed by atoms with E-state index >= 15 is 0 Å². The molecule has 2 atom stereocenters. The highest BCUT2D eigenvalue weighted by Crippen LogP contribution is 2.24. The van der Waals surface area contributed by atoms with Crippen LogP contribution in [0.1, 0.15) is 51.4 Å². The van der Waals surface area contributed by atoms with E-state index in [9.17, 15) is 0 Å². The number of nitrogens with one attached hydrogen (secondary N) is 1. The maximum Gasteiger partial charge on any atom is 0.0576 e. The van der Waals surface area contributed by atoms with E-state index in [1.54, 1.807) is 5.57 Å². The second kappa shape index (κ2) is 6.41. The van der Waals surface area contributed by atoms with E-state index in [1.165, 1.54) is 51.4 Å². The lowest BCUT2D eigenvalue weighted by atomic mass is 9.90. The quantitative estimate of drug-likeness (QED) is 0.723. The Balaban J connectivity index is 1.77. The van der Waals surface area contributed by atoms with Gasteiger partial charge in [-0.15, -0.1) is 0 Å². The molecule has 16 heavy (non-hydrogen) atoms. The molecule has 2 unspecified atom stereocenters. The van der Waals surface area contributed by atoms with Crippen LogP contribution in [0.2, 0.25) is 0 Å². The van der Waals surface area contributed by atoms with Gasteiger partial charge in [-0.2, -0.15) is 0 Å². The van der Waals surface area contributed by atoms with Crippen molar-refractivity contribution in [3.05, 3.63) is 11.6 Å². The zero-order valence-electron chi connectivity index (χ0n) is 10.5. The van der Waals surface area contributed by atoms with Crippen LogP contribution >= 0.6 is 0 Å². The monoisotopic (exact) mass is 223 g/mol. The molecule has 0 radical (unpaired) electrons. The summed E-state index contributed by atoms with van der Waals surface area (Å²) in [4.78, 5) is 0. The van der Waals surface area contributed by atoms with Crippen LogP contribution < -0.4 is 5.32 Å². The van der Waals surface area contributed by atoms with Gasteiger partial charge in [0.05, 0.1) is 6.10 Å². The third-order valence-electron chi connectivity index (χ3n) is 3.92. The van der Waals surface area contributed by atoms with Crippen molar-refractivity contribution < 1.29 is 4.74 Å². The minimum atomic E-state index is 0.542. The molecular weight excluding hydrogens is 198 g/mol. The van der Waals surface area contributed by atoms with Crippen molar-refractivity contribution in [3.8, 4) is 0 Å². The Kier molecular flexibility index (Phi) is 4.86. The Labute approximate surface area is 99.4 Å². The Morgan fingerprint density at radius 2 is 2.38 bits per heavy atom. The summed E-state index contributed by atoms with van der Waals surface area (Å²) in [7, 11) is 2.09. The van der Waals surface area contributed by atoms with Crippen molar-refractivity contribution in [3.63, 3.8) is 0 Å². The van der Waals surface area contributed by atoms with E-state index < -0.39 is 0 Å². The minimum absolute atomic E-state index is 0.542. The molecule has 1 aliphatic heterocycles. The molecule has 0 bridgehead atoms. The average molecular weight is 223 g/mol. The van der Waals surface area contributed by atoms with Crippen LogP contribution in [0.25, 0.3) is 0 Å². The van der Waals surface area contributed by atoms with Gasteiger partial charge in [0.2, 0.25) is 0 Å². The minimum Gasteiger partial charge on any atom is -0.378 e. The van der Waals surface area contributed by atoms with Gasteiger partial charge in [0.25, 0.3) is 0 Å². The van der Waals surface area contributed by atoms with Crippen LogP contribution in [0.3, 0.4) is 0 Å². The summed E-state index contributed by atoms with van der Waals surface area (Å²) in [6, 6.07) is 0.601. The fourth-order valence-electron chi connectivity index (χ4n) is 2.92. The summed E-state index contributed by atoms with van der Waals surface area (Å²) >= 11 is 0. The van der Waals surface area contributed by atoms with Crippen molar-refractivity contribution in [2.75, 3.05) is 13.7 Å². The predicted octanol–water partition coefficient (Wildman–Crippen LogP) is 3.03. The molecule has 0 aromatic heterocycles. The van der Waals surface area contributed by atoms with Crippen LogP contribution in [-0.2, 0) is 4.74 Å². The van der Waals surface area contributed by atoms with Gasteiger partial charge in [0, 0.05) is 12.6 Å². The third-order valence-corrected chi connectivity index (χ3v) is 3.92. The number of hydrogen-bond acceptors (Lipinski definition) is 2.